The molecule has 142 valence electrons. The van der Waals surface area contributed by atoms with Gasteiger partial charge < -0.3 is 25.2 Å². The molecule has 0 aliphatic heterocycles. The second-order valence-electron chi connectivity index (χ2n) is 6.35. The molecule has 2 aromatic heterocycles. The molecule has 0 saturated carbocycles. The van der Waals surface area contributed by atoms with Crippen LogP contribution < -0.4 is 15.4 Å². The summed E-state index contributed by atoms with van der Waals surface area (Å²) in [6.07, 6.45) is 4.82. The highest BCUT2D eigenvalue weighted by Gasteiger charge is 2.26. The van der Waals surface area contributed by atoms with Crippen LogP contribution in [-0.2, 0) is 6.42 Å². The number of ether oxygens (including phenoxy) is 1. The zero-order valence-electron chi connectivity index (χ0n) is 15.7. The number of anilines is 2. The smallest absolute Gasteiger partial charge is 0.227 e. The van der Waals surface area contributed by atoms with Gasteiger partial charge >= 0.3 is 0 Å². The van der Waals surface area contributed by atoms with Gasteiger partial charge in [-0.2, -0.15) is 0 Å². The fourth-order valence-electron chi connectivity index (χ4n) is 3.32. The number of hydrogen-bond acceptors (Lipinski definition) is 7. The first-order valence-corrected chi connectivity index (χ1v) is 9.01. The van der Waals surface area contributed by atoms with Gasteiger partial charge in [-0.15, -0.1) is 0 Å². The number of aromatic nitrogens is 2. The molecule has 0 saturated heterocycles. The van der Waals surface area contributed by atoms with E-state index in [-0.39, 0.29) is 0 Å². The van der Waals surface area contributed by atoms with Gasteiger partial charge in [0.05, 0.1) is 30.5 Å². The molecule has 0 bridgehead atoms. The zero-order chi connectivity index (χ0) is 19.5. The van der Waals surface area contributed by atoms with Crippen molar-refractivity contribution in [2.75, 3.05) is 19.5 Å². The monoisotopic (exact) mass is 375 g/mol. The average Bonchev–Trinajstić information content (AvgIpc) is 3.25. The van der Waals surface area contributed by atoms with Gasteiger partial charge in [-0.05, 0) is 42.7 Å². The molecular weight excluding hydrogens is 354 g/mol. The second-order valence-corrected chi connectivity index (χ2v) is 6.35. The Labute approximate surface area is 163 Å². The van der Waals surface area contributed by atoms with Crippen LogP contribution in [0.2, 0.25) is 0 Å². The van der Waals surface area contributed by atoms with Gasteiger partial charge in [0.15, 0.2) is 0 Å². The summed E-state index contributed by atoms with van der Waals surface area (Å²) in [5, 5.41) is 14.9. The lowest BCUT2D eigenvalue weighted by molar-refractivity contribution is 0.417. The number of hydrogen-bond donors (Lipinski definition) is 3. The molecule has 2 heterocycles. The zero-order valence-corrected chi connectivity index (χ0v) is 15.7. The molecule has 3 aromatic rings. The van der Waals surface area contributed by atoms with Crippen molar-refractivity contribution in [2.45, 2.75) is 12.8 Å². The Balaban J connectivity index is 1.80. The number of furan rings is 1. The van der Waals surface area contributed by atoms with Crippen LogP contribution in [0.15, 0.2) is 53.3 Å². The molecule has 0 amide bonds. The van der Waals surface area contributed by atoms with Gasteiger partial charge in [-0.1, -0.05) is 12.1 Å². The molecule has 0 spiro atoms. The van der Waals surface area contributed by atoms with Crippen LogP contribution in [-0.4, -0.2) is 29.8 Å². The van der Waals surface area contributed by atoms with E-state index in [2.05, 4.69) is 15.6 Å². The highest BCUT2D eigenvalue weighted by Crippen LogP contribution is 2.33. The summed E-state index contributed by atoms with van der Waals surface area (Å²) in [6.45, 7) is 0. The van der Waals surface area contributed by atoms with Crippen molar-refractivity contribution < 1.29 is 9.15 Å². The highest BCUT2D eigenvalue weighted by molar-refractivity contribution is 6.29. The number of methoxy groups -OCH3 is 1. The number of benzene rings is 1. The van der Waals surface area contributed by atoms with Gasteiger partial charge in [-0.25, -0.2) is 9.97 Å². The molecule has 1 aromatic carbocycles. The molecule has 0 radical (unpaired) electrons. The van der Waals surface area contributed by atoms with E-state index in [0.717, 1.165) is 34.6 Å². The Bertz CT molecular complexity index is 1040. The van der Waals surface area contributed by atoms with Crippen molar-refractivity contribution >= 4 is 28.6 Å². The van der Waals surface area contributed by atoms with E-state index in [4.69, 9.17) is 19.5 Å². The molecule has 1 aliphatic rings. The van der Waals surface area contributed by atoms with Crippen LogP contribution >= 0.6 is 0 Å². The third kappa shape index (κ3) is 3.22. The van der Waals surface area contributed by atoms with Crippen molar-refractivity contribution in [1.29, 1.82) is 5.41 Å². The van der Waals surface area contributed by atoms with E-state index in [1.54, 1.807) is 13.4 Å². The average molecular weight is 375 g/mol. The van der Waals surface area contributed by atoms with Crippen molar-refractivity contribution in [3.05, 3.63) is 65.9 Å². The normalized spacial score (nSPS) is 15.0. The summed E-state index contributed by atoms with van der Waals surface area (Å²) >= 11 is 0. The van der Waals surface area contributed by atoms with Gasteiger partial charge in [0, 0.05) is 24.5 Å². The van der Waals surface area contributed by atoms with E-state index in [0.29, 0.717) is 29.6 Å². The first-order chi connectivity index (χ1) is 13.7. The molecule has 1 aliphatic carbocycles. The summed E-state index contributed by atoms with van der Waals surface area (Å²) in [5.41, 5.74) is 4.54. The first-order valence-electron chi connectivity index (χ1n) is 9.01. The number of para-hydroxylation sites is 2. The SMILES string of the molecule is CN/C(=C1\C(=N)CCc2cnc(Nc3ccccc3OC)nc21)c1ccco1. The van der Waals surface area contributed by atoms with Crippen molar-refractivity contribution in [2.24, 2.45) is 0 Å². The van der Waals surface area contributed by atoms with Gasteiger partial charge in [0.2, 0.25) is 5.95 Å². The molecule has 0 unspecified atom stereocenters. The first kappa shape index (κ1) is 17.8. The van der Waals surface area contributed by atoms with Gasteiger partial charge in [-0.3, -0.25) is 0 Å². The molecule has 28 heavy (non-hydrogen) atoms. The minimum absolute atomic E-state index is 0.449. The quantitative estimate of drug-likeness (QED) is 0.626. The molecule has 7 nitrogen and oxygen atoms in total. The molecule has 0 fully saturated rings. The van der Waals surface area contributed by atoms with Crippen LogP contribution in [0, 0.1) is 5.41 Å². The molecule has 7 heteroatoms. The Morgan fingerprint density at radius 3 is 2.79 bits per heavy atom. The standard InChI is InChI=1S/C21H21N5O2/c1-23-20(17-8-5-11-28-17)18-14(22)10-9-13-12-24-21(26-19(13)18)25-15-6-3-4-7-16(15)27-2/h3-8,11-12,22-23H,9-10H2,1-2H3,(H,24,25,26)/b20-18+,22-14?. The maximum absolute atomic E-state index is 8.53. The lowest BCUT2D eigenvalue weighted by Crippen LogP contribution is -2.20. The topological polar surface area (TPSA) is 96.1 Å². The minimum atomic E-state index is 0.449. The summed E-state index contributed by atoms with van der Waals surface area (Å²) in [7, 11) is 3.44. The predicted molar refractivity (Wildman–Crippen MR) is 109 cm³/mol. The van der Waals surface area contributed by atoms with E-state index >= 15 is 0 Å². The number of nitrogens with one attached hydrogen (secondary N) is 3. The maximum Gasteiger partial charge on any atom is 0.227 e. The number of nitrogens with zero attached hydrogens (tertiary/aromatic N) is 2. The fourth-order valence-corrected chi connectivity index (χ4v) is 3.32. The Morgan fingerprint density at radius 2 is 2.04 bits per heavy atom. The van der Waals surface area contributed by atoms with Crippen LogP contribution in [0.25, 0.3) is 11.3 Å². The van der Waals surface area contributed by atoms with Crippen molar-refractivity contribution in [3.63, 3.8) is 0 Å². The third-order valence-electron chi connectivity index (χ3n) is 4.67. The summed E-state index contributed by atoms with van der Waals surface area (Å²) in [5.74, 6) is 1.83. The molecule has 4 rings (SSSR count). The van der Waals surface area contributed by atoms with Crippen LogP contribution in [0.1, 0.15) is 23.4 Å². The molecular formula is C21H21N5O2. The van der Waals surface area contributed by atoms with Gasteiger partial charge in [0.1, 0.15) is 11.5 Å². The molecule has 3 N–H and O–H groups in total. The molecule has 0 atom stereocenters. The van der Waals surface area contributed by atoms with Crippen LogP contribution in [0.3, 0.4) is 0 Å². The highest BCUT2D eigenvalue weighted by atomic mass is 16.5. The Kier molecular flexibility index (Phi) is 4.80. The number of rotatable bonds is 5. The maximum atomic E-state index is 8.53. The van der Waals surface area contributed by atoms with Gasteiger partial charge in [0.25, 0.3) is 0 Å². The summed E-state index contributed by atoms with van der Waals surface area (Å²) in [4.78, 5) is 9.19. The van der Waals surface area contributed by atoms with Crippen LogP contribution in [0.4, 0.5) is 11.6 Å². The largest absolute Gasteiger partial charge is 0.495 e. The second kappa shape index (κ2) is 7.56. The number of allylic oxidation sites excluding steroid dienone is 1. The summed E-state index contributed by atoms with van der Waals surface area (Å²) in [6, 6.07) is 11.3. The minimum Gasteiger partial charge on any atom is -0.495 e. The Morgan fingerprint density at radius 1 is 1.18 bits per heavy atom. The van der Waals surface area contributed by atoms with E-state index < -0.39 is 0 Å². The van der Waals surface area contributed by atoms with E-state index in [1.165, 1.54) is 0 Å². The third-order valence-corrected chi connectivity index (χ3v) is 4.67. The van der Waals surface area contributed by atoms with E-state index in [1.807, 2.05) is 49.6 Å². The fraction of sp³-hybridized carbons (Fsp3) is 0.190. The lowest BCUT2D eigenvalue weighted by atomic mass is 9.88. The number of fused-ring (bicyclic) bond motifs is 1. The van der Waals surface area contributed by atoms with Crippen LogP contribution in [0.5, 0.6) is 5.75 Å². The van der Waals surface area contributed by atoms with Crippen molar-refractivity contribution in [1.82, 2.24) is 15.3 Å². The summed E-state index contributed by atoms with van der Waals surface area (Å²) < 4.78 is 11.0. The van der Waals surface area contributed by atoms with E-state index in [9.17, 15) is 0 Å². The Hall–Kier alpha value is -3.61. The van der Waals surface area contributed by atoms with Crippen molar-refractivity contribution in [3.8, 4) is 5.75 Å². The number of aryl methyl sites for hydroxylation is 1. The lowest BCUT2D eigenvalue weighted by Gasteiger charge is -2.22. The predicted octanol–water partition coefficient (Wildman–Crippen LogP) is 3.88.